The second kappa shape index (κ2) is 3.46. The molecule has 4 nitrogen and oxygen atoms in total. The third kappa shape index (κ3) is 1.38. The highest BCUT2D eigenvalue weighted by Gasteiger charge is 2.10. The molecule has 2 aromatic heterocycles. The van der Waals surface area contributed by atoms with Gasteiger partial charge in [-0.3, -0.25) is 9.59 Å². The zero-order valence-electron chi connectivity index (χ0n) is 8.51. The molecule has 0 unspecified atom stereocenters. The van der Waals surface area contributed by atoms with E-state index in [1.807, 2.05) is 0 Å². The summed E-state index contributed by atoms with van der Waals surface area (Å²) in [6.45, 7) is 0. The fourth-order valence-electron chi connectivity index (χ4n) is 1.80. The summed E-state index contributed by atoms with van der Waals surface area (Å²) in [6, 6.07) is 8.01. The maximum Gasteiger partial charge on any atom is 0.268 e. The summed E-state index contributed by atoms with van der Waals surface area (Å²) in [5, 5.41) is 0.503. The Morgan fingerprint density at radius 1 is 1.24 bits per heavy atom. The van der Waals surface area contributed by atoms with Crippen LogP contribution in [0.2, 0.25) is 5.02 Å². The van der Waals surface area contributed by atoms with Crippen LogP contribution in [0.25, 0.3) is 16.8 Å². The van der Waals surface area contributed by atoms with Gasteiger partial charge in [0.1, 0.15) is 0 Å². The predicted molar refractivity (Wildman–Crippen MR) is 63.8 cm³/mol. The first-order chi connectivity index (χ1) is 8.20. The molecule has 3 rings (SSSR count). The highest BCUT2D eigenvalue weighted by atomic mass is 35.5. The van der Waals surface area contributed by atoms with Gasteiger partial charge in [0.25, 0.3) is 5.56 Å². The molecule has 0 radical (unpaired) electrons. The summed E-state index contributed by atoms with van der Waals surface area (Å²) >= 11 is 5.88. The van der Waals surface area contributed by atoms with Crippen LogP contribution >= 0.6 is 11.6 Å². The fourth-order valence-corrected chi connectivity index (χ4v) is 1.96. The number of aldehydes is 1. The number of hydrogen-bond donors (Lipinski definition) is 0. The number of carbonyl (C=O) groups excluding carboxylic acids is 1. The molecule has 0 bridgehead atoms. The zero-order valence-corrected chi connectivity index (χ0v) is 9.27. The number of aromatic nitrogens is 1. The molecule has 2 heterocycles. The van der Waals surface area contributed by atoms with Gasteiger partial charge in [0, 0.05) is 11.1 Å². The number of carbonyl (C=O) groups is 1. The van der Waals surface area contributed by atoms with E-state index in [2.05, 4.69) is 0 Å². The Hall–Kier alpha value is -2.07. The van der Waals surface area contributed by atoms with Crippen molar-refractivity contribution in [2.24, 2.45) is 0 Å². The lowest BCUT2D eigenvalue weighted by molar-refractivity contribution is 0.112. The summed E-state index contributed by atoms with van der Waals surface area (Å²) in [6.07, 6.45) is 0.526. The highest BCUT2D eigenvalue weighted by molar-refractivity contribution is 6.31. The van der Waals surface area contributed by atoms with Crippen molar-refractivity contribution in [3.63, 3.8) is 0 Å². The van der Waals surface area contributed by atoms with E-state index < -0.39 is 5.56 Å². The maximum atomic E-state index is 12.0. The van der Waals surface area contributed by atoms with E-state index in [-0.39, 0.29) is 5.56 Å². The molecule has 0 aliphatic rings. The Kier molecular flexibility index (Phi) is 2.06. The Balaban J connectivity index is 2.61. The smallest absolute Gasteiger partial charge is 0.268 e. The lowest BCUT2D eigenvalue weighted by atomic mass is 10.3. The summed E-state index contributed by atoms with van der Waals surface area (Å²) in [5.74, 6) is 0. The lowest BCUT2D eigenvalue weighted by Crippen LogP contribution is -2.16. The Morgan fingerprint density at radius 2 is 2.06 bits per heavy atom. The number of hydrogen-bond acceptors (Lipinski definition) is 3. The van der Waals surface area contributed by atoms with E-state index in [0.717, 1.165) is 0 Å². The molecule has 84 valence electrons. The van der Waals surface area contributed by atoms with Gasteiger partial charge in [-0.2, -0.15) is 0 Å². The topological polar surface area (TPSA) is 51.7 Å². The molecule has 1 aromatic carbocycles. The molecule has 0 saturated carbocycles. The van der Waals surface area contributed by atoms with E-state index in [1.165, 1.54) is 10.5 Å². The second-order valence-corrected chi connectivity index (χ2v) is 4.04. The molecular formula is C12H6ClNO3. The summed E-state index contributed by atoms with van der Waals surface area (Å²) in [5.41, 5.74) is 1.18. The predicted octanol–water partition coefficient (Wildman–Crippen LogP) is 2.51. The molecular weight excluding hydrogens is 242 g/mol. The van der Waals surface area contributed by atoms with Crippen LogP contribution in [0.4, 0.5) is 0 Å². The Bertz CT molecular complexity index is 800. The minimum atomic E-state index is -0.404. The van der Waals surface area contributed by atoms with Gasteiger partial charge < -0.3 is 4.42 Å². The molecule has 0 saturated heterocycles. The molecule has 5 heteroatoms. The van der Waals surface area contributed by atoms with Gasteiger partial charge in [-0.15, -0.1) is 0 Å². The molecule has 0 spiro atoms. The third-order valence-corrected chi connectivity index (χ3v) is 2.81. The summed E-state index contributed by atoms with van der Waals surface area (Å²) in [4.78, 5) is 22.7. The number of halogens is 1. The monoisotopic (exact) mass is 247 g/mol. The number of pyridine rings is 1. The largest absolute Gasteiger partial charge is 0.438 e. The van der Waals surface area contributed by atoms with Gasteiger partial charge >= 0.3 is 0 Å². The first-order valence-electron chi connectivity index (χ1n) is 4.90. The van der Waals surface area contributed by atoms with Gasteiger partial charge in [-0.1, -0.05) is 11.6 Å². The van der Waals surface area contributed by atoms with Crippen LogP contribution in [-0.2, 0) is 0 Å². The maximum absolute atomic E-state index is 12.0. The van der Waals surface area contributed by atoms with E-state index in [4.69, 9.17) is 16.0 Å². The summed E-state index contributed by atoms with van der Waals surface area (Å²) < 4.78 is 6.81. The van der Waals surface area contributed by atoms with Crippen LogP contribution in [0.5, 0.6) is 0 Å². The zero-order chi connectivity index (χ0) is 12.0. The van der Waals surface area contributed by atoms with Gasteiger partial charge in [0.05, 0.1) is 11.1 Å². The third-order valence-electron chi connectivity index (χ3n) is 2.58. The average molecular weight is 248 g/mol. The number of oxazole rings is 1. The Morgan fingerprint density at radius 3 is 2.82 bits per heavy atom. The first kappa shape index (κ1) is 10.1. The number of rotatable bonds is 1. The minimum Gasteiger partial charge on any atom is -0.438 e. The van der Waals surface area contributed by atoms with Gasteiger partial charge in [-0.25, -0.2) is 4.40 Å². The minimum absolute atomic E-state index is 0.0881. The van der Waals surface area contributed by atoms with Crippen LogP contribution in [0.3, 0.4) is 0 Å². The van der Waals surface area contributed by atoms with Crippen LogP contribution < -0.4 is 5.56 Å². The van der Waals surface area contributed by atoms with Gasteiger partial charge in [-0.05, 0) is 24.3 Å². The standard InChI is InChI=1S/C12H6ClNO3/c13-8-2-3-10-9(5-8)14-11(17-10)4-1-7(6-15)12(14)16/h1-6H. The second-order valence-electron chi connectivity index (χ2n) is 3.60. The van der Waals surface area contributed by atoms with Crippen molar-refractivity contribution < 1.29 is 9.21 Å². The van der Waals surface area contributed by atoms with Crippen molar-refractivity contribution in [1.82, 2.24) is 4.40 Å². The van der Waals surface area contributed by atoms with Crippen molar-refractivity contribution in [3.8, 4) is 0 Å². The van der Waals surface area contributed by atoms with Crippen molar-refractivity contribution >= 4 is 34.7 Å². The van der Waals surface area contributed by atoms with Crippen molar-refractivity contribution in [2.75, 3.05) is 0 Å². The van der Waals surface area contributed by atoms with Crippen LogP contribution in [0.1, 0.15) is 10.4 Å². The molecule has 0 amide bonds. The molecule has 0 N–H and O–H groups in total. The molecule has 0 atom stereocenters. The average Bonchev–Trinajstić information content (AvgIpc) is 2.68. The molecule has 0 aliphatic carbocycles. The fraction of sp³-hybridized carbons (Fsp3) is 0. The van der Waals surface area contributed by atoms with Gasteiger partial charge in [0.2, 0.25) is 5.71 Å². The first-order valence-corrected chi connectivity index (χ1v) is 5.27. The Labute approximate surface area is 100 Å². The van der Waals surface area contributed by atoms with E-state index in [1.54, 1.807) is 24.3 Å². The molecule has 3 aromatic rings. The molecule has 17 heavy (non-hydrogen) atoms. The number of fused-ring (bicyclic) bond motifs is 3. The van der Waals surface area contributed by atoms with E-state index in [0.29, 0.717) is 28.1 Å². The molecule has 0 aliphatic heterocycles. The van der Waals surface area contributed by atoms with Crippen LogP contribution in [0.15, 0.2) is 39.5 Å². The van der Waals surface area contributed by atoms with Crippen LogP contribution in [0, 0.1) is 0 Å². The highest BCUT2D eigenvalue weighted by Crippen LogP contribution is 2.22. The SMILES string of the molecule is O=Cc1ccc2oc3ccc(Cl)cc3n2c1=O. The summed E-state index contributed by atoms with van der Waals surface area (Å²) in [7, 11) is 0. The van der Waals surface area contributed by atoms with Crippen molar-refractivity contribution in [3.05, 3.63) is 51.3 Å². The normalized spacial score (nSPS) is 11.1. The lowest BCUT2D eigenvalue weighted by Gasteiger charge is -1.94. The quantitative estimate of drug-likeness (QED) is 0.621. The van der Waals surface area contributed by atoms with E-state index >= 15 is 0 Å². The van der Waals surface area contributed by atoms with Crippen molar-refractivity contribution in [2.45, 2.75) is 0 Å². The molecule has 0 fully saturated rings. The van der Waals surface area contributed by atoms with Gasteiger partial charge in [0.15, 0.2) is 11.9 Å². The number of nitrogens with zero attached hydrogens (tertiary/aromatic N) is 1. The number of benzene rings is 1. The van der Waals surface area contributed by atoms with Crippen molar-refractivity contribution in [1.29, 1.82) is 0 Å². The van der Waals surface area contributed by atoms with Crippen LogP contribution in [-0.4, -0.2) is 10.7 Å². The van der Waals surface area contributed by atoms with E-state index in [9.17, 15) is 9.59 Å².